The molecule has 4 rings (SSSR count). The number of hydrogen-bond acceptors (Lipinski definition) is 4. The Kier molecular flexibility index (Phi) is 4.40. The molecule has 25 heavy (non-hydrogen) atoms. The van der Waals surface area contributed by atoms with Crippen LogP contribution in [0.3, 0.4) is 0 Å². The molecule has 0 radical (unpaired) electrons. The van der Waals surface area contributed by atoms with Crippen LogP contribution in [0.15, 0.2) is 54.6 Å². The van der Waals surface area contributed by atoms with Crippen LogP contribution >= 0.6 is 0 Å². The molecule has 3 atom stereocenters. The van der Waals surface area contributed by atoms with Gasteiger partial charge in [-0.1, -0.05) is 42.5 Å². The third kappa shape index (κ3) is 3.37. The molecule has 2 saturated heterocycles. The number of anilines is 1. The van der Waals surface area contributed by atoms with Crippen LogP contribution in [0.1, 0.15) is 31.2 Å². The SMILES string of the molecule is O=[N+]([O-])c1ccccc1NC1C[C@H]2CC[C@@H](C1)N2Cc1ccccc1. The zero-order valence-electron chi connectivity index (χ0n) is 14.2. The molecule has 2 aromatic rings. The van der Waals surface area contributed by atoms with E-state index in [1.54, 1.807) is 12.1 Å². The van der Waals surface area contributed by atoms with Gasteiger partial charge in [0, 0.05) is 30.7 Å². The minimum absolute atomic E-state index is 0.168. The summed E-state index contributed by atoms with van der Waals surface area (Å²) in [5.74, 6) is 0. The predicted octanol–water partition coefficient (Wildman–Crippen LogP) is 4.20. The Morgan fingerprint density at radius 1 is 1.00 bits per heavy atom. The lowest BCUT2D eigenvalue weighted by Crippen LogP contribution is -2.46. The van der Waals surface area contributed by atoms with Gasteiger partial charge in [0.25, 0.3) is 5.69 Å². The molecule has 2 aliphatic rings. The van der Waals surface area contributed by atoms with E-state index in [0.29, 0.717) is 23.8 Å². The molecule has 1 N–H and O–H groups in total. The quantitative estimate of drug-likeness (QED) is 0.656. The number of nitrogens with zero attached hydrogens (tertiary/aromatic N) is 2. The highest BCUT2D eigenvalue weighted by atomic mass is 16.6. The van der Waals surface area contributed by atoms with Crippen molar-refractivity contribution in [2.24, 2.45) is 0 Å². The highest BCUT2D eigenvalue weighted by Gasteiger charge is 2.40. The van der Waals surface area contributed by atoms with E-state index in [0.717, 1.165) is 19.4 Å². The Morgan fingerprint density at radius 3 is 2.32 bits per heavy atom. The number of para-hydroxylation sites is 2. The van der Waals surface area contributed by atoms with Crippen LogP contribution in [0, 0.1) is 10.1 Å². The molecule has 2 aromatic carbocycles. The molecule has 0 spiro atoms. The minimum Gasteiger partial charge on any atom is -0.377 e. The van der Waals surface area contributed by atoms with Crippen LogP contribution < -0.4 is 5.32 Å². The van der Waals surface area contributed by atoms with Gasteiger partial charge in [0.05, 0.1) is 4.92 Å². The van der Waals surface area contributed by atoms with Gasteiger partial charge in [-0.05, 0) is 37.3 Å². The van der Waals surface area contributed by atoms with E-state index in [-0.39, 0.29) is 10.6 Å². The molecule has 1 unspecified atom stereocenters. The van der Waals surface area contributed by atoms with Gasteiger partial charge < -0.3 is 5.32 Å². The van der Waals surface area contributed by atoms with Crippen LogP contribution in [0.5, 0.6) is 0 Å². The van der Waals surface area contributed by atoms with Gasteiger partial charge in [-0.25, -0.2) is 0 Å². The van der Waals surface area contributed by atoms with Crippen molar-refractivity contribution in [2.75, 3.05) is 5.32 Å². The Labute approximate surface area is 147 Å². The van der Waals surface area contributed by atoms with Gasteiger partial charge in [0.1, 0.15) is 5.69 Å². The molecular formula is C20H23N3O2. The monoisotopic (exact) mass is 337 g/mol. The van der Waals surface area contributed by atoms with Gasteiger partial charge in [0.15, 0.2) is 0 Å². The van der Waals surface area contributed by atoms with Crippen LogP contribution in [0.4, 0.5) is 11.4 Å². The van der Waals surface area contributed by atoms with E-state index < -0.39 is 0 Å². The molecule has 2 heterocycles. The molecule has 2 fully saturated rings. The highest BCUT2D eigenvalue weighted by Crippen LogP contribution is 2.38. The molecule has 2 bridgehead atoms. The zero-order valence-corrected chi connectivity index (χ0v) is 14.2. The Hall–Kier alpha value is -2.40. The number of nitro benzene ring substituents is 1. The molecule has 2 aliphatic heterocycles. The fraction of sp³-hybridized carbons (Fsp3) is 0.400. The fourth-order valence-electron chi connectivity index (χ4n) is 4.42. The van der Waals surface area contributed by atoms with Crippen molar-refractivity contribution in [3.63, 3.8) is 0 Å². The van der Waals surface area contributed by atoms with Gasteiger partial charge in [0.2, 0.25) is 0 Å². The second-order valence-electron chi connectivity index (χ2n) is 7.13. The van der Waals surface area contributed by atoms with E-state index >= 15 is 0 Å². The van der Waals surface area contributed by atoms with Crippen molar-refractivity contribution in [1.82, 2.24) is 4.90 Å². The van der Waals surface area contributed by atoms with Crippen LogP contribution in [0.25, 0.3) is 0 Å². The average Bonchev–Trinajstić information content (AvgIpc) is 2.85. The summed E-state index contributed by atoms with van der Waals surface area (Å²) < 4.78 is 0. The smallest absolute Gasteiger partial charge is 0.292 e. The standard InChI is InChI=1S/C20H23N3O2/c24-23(25)20-9-5-4-8-19(20)21-16-12-17-10-11-18(13-16)22(17)14-15-6-2-1-3-7-15/h1-9,16-18,21H,10-14H2/t16?,17-,18+. The molecule has 0 aliphatic carbocycles. The first-order chi connectivity index (χ1) is 12.2. The van der Waals surface area contributed by atoms with E-state index in [4.69, 9.17) is 0 Å². The van der Waals surface area contributed by atoms with Gasteiger partial charge in [-0.2, -0.15) is 0 Å². The summed E-state index contributed by atoms with van der Waals surface area (Å²) in [6, 6.07) is 19.0. The zero-order chi connectivity index (χ0) is 17.2. The Balaban J connectivity index is 1.44. The number of fused-ring (bicyclic) bond motifs is 2. The summed E-state index contributed by atoms with van der Waals surface area (Å²) in [6.07, 6.45) is 4.56. The van der Waals surface area contributed by atoms with E-state index in [1.807, 2.05) is 12.1 Å². The number of rotatable bonds is 5. The van der Waals surface area contributed by atoms with Crippen LogP contribution in [-0.2, 0) is 6.54 Å². The first-order valence-electron chi connectivity index (χ1n) is 9.00. The van der Waals surface area contributed by atoms with Crippen LogP contribution in [-0.4, -0.2) is 27.9 Å². The summed E-state index contributed by atoms with van der Waals surface area (Å²) >= 11 is 0. The average molecular weight is 337 g/mol. The minimum atomic E-state index is -0.304. The molecule has 130 valence electrons. The van der Waals surface area contributed by atoms with E-state index in [1.165, 1.54) is 18.4 Å². The number of benzene rings is 2. The van der Waals surface area contributed by atoms with Crippen molar-refractivity contribution in [3.8, 4) is 0 Å². The lowest BCUT2D eigenvalue weighted by Gasteiger charge is -2.39. The number of nitro groups is 1. The summed E-state index contributed by atoms with van der Waals surface area (Å²) in [5, 5.41) is 14.7. The summed E-state index contributed by atoms with van der Waals surface area (Å²) in [5.41, 5.74) is 2.18. The summed E-state index contributed by atoms with van der Waals surface area (Å²) in [7, 11) is 0. The maximum atomic E-state index is 11.2. The third-order valence-corrected chi connectivity index (χ3v) is 5.55. The Morgan fingerprint density at radius 2 is 1.64 bits per heavy atom. The first-order valence-corrected chi connectivity index (χ1v) is 9.00. The molecule has 0 aromatic heterocycles. The van der Waals surface area contributed by atoms with E-state index in [2.05, 4.69) is 40.5 Å². The fourth-order valence-corrected chi connectivity index (χ4v) is 4.42. The summed E-state index contributed by atoms with van der Waals surface area (Å²) in [6.45, 7) is 1.01. The number of nitrogens with one attached hydrogen (secondary N) is 1. The highest BCUT2D eigenvalue weighted by molar-refractivity contribution is 5.61. The molecule has 5 nitrogen and oxygen atoms in total. The van der Waals surface area contributed by atoms with Crippen molar-refractivity contribution >= 4 is 11.4 Å². The van der Waals surface area contributed by atoms with Gasteiger partial charge >= 0.3 is 0 Å². The molecule has 0 saturated carbocycles. The number of hydrogen-bond donors (Lipinski definition) is 1. The van der Waals surface area contributed by atoms with Crippen molar-refractivity contribution in [2.45, 2.75) is 50.4 Å². The summed E-state index contributed by atoms with van der Waals surface area (Å²) in [4.78, 5) is 13.5. The lowest BCUT2D eigenvalue weighted by atomic mass is 9.96. The van der Waals surface area contributed by atoms with Crippen LogP contribution in [0.2, 0.25) is 0 Å². The third-order valence-electron chi connectivity index (χ3n) is 5.55. The van der Waals surface area contributed by atoms with Gasteiger partial charge in [-0.3, -0.25) is 15.0 Å². The van der Waals surface area contributed by atoms with Crippen molar-refractivity contribution in [1.29, 1.82) is 0 Å². The molecule has 5 heteroatoms. The molecule has 0 amide bonds. The Bertz CT molecular complexity index is 736. The van der Waals surface area contributed by atoms with Crippen molar-refractivity contribution in [3.05, 3.63) is 70.3 Å². The lowest BCUT2D eigenvalue weighted by molar-refractivity contribution is -0.384. The second-order valence-corrected chi connectivity index (χ2v) is 7.13. The van der Waals surface area contributed by atoms with Crippen molar-refractivity contribution < 1.29 is 4.92 Å². The van der Waals surface area contributed by atoms with E-state index in [9.17, 15) is 10.1 Å². The maximum absolute atomic E-state index is 11.2. The first kappa shape index (κ1) is 16.1. The maximum Gasteiger partial charge on any atom is 0.292 e. The number of piperidine rings is 1. The predicted molar refractivity (Wildman–Crippen MR) is 98.5 cm³/mol. The molecular weight excluding hydrogens is 314 g/mol. The second kappa shape index (κ2) is 6.84. The normalized spacial score (nSPS) is 25.7. The van der Waals surface area contributed by atoms with Gasteiger partial charge in [-0.15, -0.1) is 0 Å². The topological polar surface area (TPSA) is 58.4 Å². The largest absolute Gasteiger partial charge is 0.377 e.